The summed E-state index contributed by atoms with van der Waals surface area (Å²) in [7, 11) is 1.89. The second-order valence-corrected chi connectivity index (χ2v) is 3.95. The highest BCUT2D eigenvalue weighted by Crippen LogP contribution is 2.24. The van der Waals surface area contributed by atoms with Gasteiger partial charge in [-0.2, -0.15) is 0 Å². The van der Waals surface area contributed by atoms with Gasteiger partial charge in [0, 0.05) is 18.8 Å². The Morgan fingerprint density at radius 1 is 1.56 bits per heavy atom. The van der Waals surface area contributed by atoms with Crippen LogP contribution >= 0.6 is 0 Å². The molecule has 0 aliphatic carbocycles. The summed E-state index contributed by atoms with van der Waals surface area (Å²) in [6, 6.07) is 5.27. The van der Waals surface area contributed by atoms with Gasteiger partial charge in [-0.25, -0.2) is 4.79 Å². The number of nitrogens with two attached hydrogens (primary N) is 1. The van der Waals surface area contributed by atoms with Gasteiger partial charge < -0.3 is 15.7 Å². The number of nitrogen functional groups attached to an aromatic ring is 1. The second-order valence-electron chi connectivity index (χ2n) is 3.95. The molecule has 88 valence electrons. The van der Waals surface area contributed by atoms with Crippen molar-refractivity contribution >= 4 is 17.3 Å². The first kappa shape index (κ1) is 12.4. The Morgan fingerprint density at radius 2 is 2.19 bits per heavy atom. The molecular weight excluding hydrogens is 204 g/mol. The molecule has 0 aliphatic rings. The van der Waals surface area contributed by atoms with Crippen molar-refractivity contribution in [2.45, 2.75) is 26.3 Å². The van der Waals surface area contributed by atoms with Gasteiger partial charge in [-0.15, -0.1) is 0 Å². The Labute approximate surface area is 95.7 Å². The normalized spacial score (nSPS) is 12.2. The molecule has 1 unspecified atom stereocenters. The maximum Gasteiger partial charge on any atom is 0.337 e. The van der Waals surface area contributed by atoms with Crippen molar-refractivity contribution in [3.63, 3.8) is 0 Å². The summed E-state index contributed by atoms with van der Waals surface area (Å²) in [4.78, 5) is 13.1. The number of nitrogens with zero attached hydrogens (tertiary/aromatic N) is 1. The molecule has 4 heteroatoms. The maximum absolute atomic E-state index is 11.1. The van der Waals surface area contributed by atoms with Gasteiger partial charge in [0.15, 0.2) is 0 Å². The minimum atomic E-state index is -0.947. The molecule has 1 rings (SSSR count). The lowest BCUT2D eigenvalue weighted by Crippen LogP contribution is -2.29. The minimum Gasteiger partial charge on any atom is -0.478 e. The van der Waals surface area contributed by atoms with Crippen molar-refractivity contribution < 1.29 is 9.90 Å². The number of hydrogen-bond donors (Lipinski definition) is 2. The molecule has 4 nitrogen and oxygen atoms in total. The number of anilines is 2. The molecule has 0 aromatic heterocycles. The van der Waals surface area contributed by atoms with Crippen molar-refractivity contribution in [1.29, 1.82) is 0 Å². The van der Waals surface area contributed by atoms with Crippen molar-refractivity contribution in [1.82, 2.24) is 0 Å². The number of aromatic carboxylic acids is 1. The van der Waals surface area contributed by atoms with E-state index in [-0.39, 0.29) is 5.56 Å². The molecule has 1 aromatic carbocycles. The van der Waals surface area contributed by atoms with Crippen LogP contribution in [0.5, 0.6) is 0 Å². The van der Waals surface area contributed by atoms with E-state index in [1.54, 1.807) is 12.1 Å². The van der Waals surface area contributed by atoms with Crippen LogP contribution in [0.1, 0.15) is 30.6 Å². The van der Waals surface area contributed by atoms with Gasteiger partial charge in [0.1, 0.15) is 0 Å². The molecule has 1 atom stereocenters. The zero-order valence-electron chi connectivity index (χ0n) is 9.90. The first-order chi connectivity index (χ1) is 7.47. The number of carboxylic acids is 1. The van der Waals surface area contributed by atoms with E-state index in [1.807, 2.05) is 11.9 Å². The van der Waals surface area contributed by atoms with Crippen LogP contribution in [0.4, 0.5) is 11.4 Å². The van der Waals surface area contributed by atoms with Crippen LogP contribution in [0.25, 0.3) is 0 Å². The van der Waals surface area contributed by atoms with Gasteiger partial charge in [-0.05, 0) is 31.5 Å². The Morgan fingerprint density at radius 3 is 2.69 bits per heavy atom. The lowest BCUT2D eigenvalue weighted by Gasteiger charge is -2.27. The number of carbonyl (C=O) groups is 1. The summed E-state index contributed by atoms with van der Waals surface area (Å²) >= 11 is 0. The molecule has 0 heterocycles. The third-order valence-electron chi connectivity index (χ3n) is 2.88. The summed E-state index contributed by atoms with van der Waals surface area (Å²) in [5.41, 5.74) is 7.02. The fraction of sp³-hybridized carbons (Fsp3) is 0.417. The fourth-order valence-electron chi connectivity index (χ4n) is 1.54. The highest BCUT2D eigenvalue weighted by atomic mass is 16.4. The predicted octanol–water partition coefficient (Wildman–Crippen LogP) is 2.20. The second kappa shape index (κ2) is 4.88. The maximum atomic E-state index is 11.1. The number of rotatable bonds is 4. The van der Waals surface area contributed by atoms with Crippen LogP contribution in [0.2, 0.25) is 0 Å². The molecule has 1 aromatic rings. The Hall–Kier alpha value is -1.71. The standard InChI is InChI=1S/C12H18N2O2/c1-4-8(2)14(3)11-6-5-9(13)7-10(11)12(15)16/h5-8H,4,13H2,1-3H3,(H,15,16). The van der Waals surface area contributed by atoms with Crippen molar-refractivity contribution in [3.8, 4) is 0 Å². The third-order valence-corrected chi connectivity index (χ3v) is 2.88. The summed E-state index contributed by atoms with van der Waals surface area (Å²) in [6.07, 6.45) is 0.958. The van der Waals surface area contributed by atoms with E-state index in [9.17, 15) is 4.79 Å². The average molecular weight is 222 g/mol. The quantitative estimate of drug-likeness (QED) is 0.766. The summed E-state index contributed by atoms with van der Waals surface area (Å²) < 4.78 is 0. The van der Waals surface area contributed by atoms with Gasteiger partial charge in [-0.1, -0.05) is 6.92 Å². The lowest BCUT2D eigenvalue weighted by atomic mass is 10.1. The van der Waals surface area contributed by atoms with Crippen LogP contribution in [0.3, 0.4) is 0 Å². The Balaban J connectivity index is 3.17. The van der Waals surface area contributed by atoms with Crippen LogP contribution in [-0.2, 0) is 0 Å². The van der Waals surface area contributed by atoms with Gasteiger partial charge >= 0.3 is 5.97 Å². The molecule has 0 bridgehead atoms. The molecule has 0 aliphatic heterocycles. The van der Waals surface area contributed by atoms with E-state index in [4.69, 9.17) is 10.8 Å². The average Bonchev–Trinajstić information content (AvgIpc) is 2.26. The molecule has 0 spiro atoms. The van der Waals surface area contributed by atoms with E-state index in [0.29, 0.717) is 17.4 Å². The number of carboxylic acid groups (broad SMARTS) is 1. The fourth-order valence-corrected chi connectivity index (χ4v) is 1.54. The van der Waals surface area contributed by atoms with Crippen molar-refractivity contribution in [3.05, 3.63) is 23.8 Å². The topological polar surface area (TPSA) is 66.6 Å². The van der Waals surface area contributed by atoms with Gasteiger partial charge in [0.2, 0.25) is 0 Å². The van der Waals surface area contributed by atoms with E-state index >= 15 is 0 Å². The molecular formula is C12H18N2O2. The number of hydrogen-bond acceptors (Lipinski definition) is 3. The summed E-state index contributed by atoms with van der Waals surface area (Å²) in [5.74, 6) is -0.947. The van der Waals surface area contributed by atoms with E-state index < -0.39 is 5.97 Å². The molecule has 16 heavy (non-hydrogen) atoms. The minimum absolute atomic E-state index is 0.253. The summed E-state index contributed by atoms with van der Waals surface area (Å²) in [6.45, 7) is 4.13. The lowest BCUT2D eigenvalue weighted by molar-refractivity contribution is 0.0697. The third kappa shape index (κ3) is 2.45. The predicted molar refractivity (Wildman–Crippen MR) is 66.0 cm³/mol. The molecule has 0 saturated heterocycles. The molecule has 0 saturated carbocycles. The zero-order chi connectivity index (χ0) is 12.3. The van der Waals surface area contributed by atoms with E-state index in [2.05, 4.69) is 13.8 Å². The van der Waals surface area contributed by atoms with Gasteiger partial charge in [0.25, 0.3) is 0 Å². The number of benzene rings is 1. The monoisotopic (exact) mass is 222 g/mol. The summed E-state index contributed by atoms with van der Waals surface area (Å²) in [5, 5.41) is 9.11. The Kier molecular flexibility index (Phi) is 3.77. The van der Waals surface area contributed by atoms with Crippen LogP contribution in [0.15, 0.2) is 18.2 Å². The zero-order valence-corrected chi connectivity index (χ0v) is 9.90. The molecule has 0 radical (unpaired) electrons. The van der Waals surface area contributed by atoms with Crippen LogP contribution in [0, 0.1) is 0 Å². The highest BCUT2D eigenvalue weighted by molar-refractivity contribution is 5.95. The molecule has 0 amide bonds. The van der Waals surface area contributed by atoms with Gasteiger partial charge in [-0.3, -0.25) is 0 Å². The SMILES string of the molecule is CCC(C)N(C)c1ccc(N)cc1C(=O)O. The van der Waals surface area contributed by atoms with E-state index in [1.165, 1.54) is 6.07 Å². The van der Waals surface area contributed by atoms with E-state index in [0.717, 1.165) is 6.42 Å². The largest absolute Gasteiger partial charge is 0.478 e. The van der Waals surface area contributed by atoms with Crippen molar-refractivity contribution in [2.75, 3.05) is 17.7 Å². The van der Waals surface area contributed by atoms with Gasteiger partial charge in [0.05, 0.1) is 11.3 Å². The smallest absolute Gasteiger partial charge is 0.337 e. The Bertz CT molecular complexity index is 391. The van der Waals surface area contributed by atoms with Crippen LogP contribution in [-0.4, -0.2) is 24.2 Å². The highest BCUT2D eigenvalue weighted by Gasteiger charge is 2.16. The molecule has 3 N–H and O–H groups in total. The van der Waals surface area contributed by atoms with Crippen molar-refractivity contribution in [2.24, 2.45) is 0 Å². The molecule has 0 fully saturated rings. The first-order valence-corrected chi connectivity index (χ1v) is 5.33. The first-order valence-electron chi connectivity index (χ1n) is 5.33. The van der Waals surface area contributed by atoms with Crippen LogP contribution < -0.4 is 10.6 Å².